The van der Waals surface area contributed by atoms with Gasteiger partial charge in [0.25, 0.3) is 11.8 Å². The van der Waals surface area contributed by atoms with Crippen molar-refractivity contribution in [3.8, 4) is 17.2 Å². The van der Waals surface area contributed by atoms with Crippen LogP contribution in [0.4, 0.5) is 23.8 Å². The minimum Gasteiger partial charge on any atom is -0.502 e. The summed E-state index contributed by atoms with van der Waals surface area (Å²) in [5, 5.41) is 11.0. The summed E-state index contributed by atoms with van der Waals surface area (Å²) in [6.07, 6.45) is -0.577. The molecule has 6 unspecified atom stereocenters. The summed E-state index contributed by atoms with van der Waals surface area (Å²) in [5.41, 5.74) is 0.898. The fourth-order valence-corrected chi connectivity index (χ4v) is 8.85. The van der Waals surface area contributed by atoms with E-state index >= 15 is 4.79 Å². The maximum absolute atomic E-state index is 15.2. The van der Waals surface area contributed by atoms with Gasteiger partial charge in [0.15, 0.2) is 17.3 Å². The molecule has 2 aliphatic carbocycles. The predicted molar refractivity (Wildman–Crippen MR) is 192 cm³/mol. The van der Waals surface area contributed by atoms with E-state index < -0.39 is 87.3 Å². The van der Waals surface area contributed by atoms with E-state index in [2.05, 4.69) is 10.4 Å². The molecule has 2 aliphatic heterocycles. The lowest BCUT2D eigenvalue weighted by Crippen LogP contribution is -2.54. The number of imide groups is 4. The van der Waals surface area contributed by atoms with Gasteiger partial charge in [0, 0.05) is 17.1 Å². The van der Waals surface area contributed by atoms with Crippen molar-refractivity contribution in [3.63, 3.8) is 0 Å². The van der Waals surface area contributed by atoms with E-state index in [4.69, 9.17) is 37.4 Å². The van der Waals surface area contributed by atoms with Crippen molar-refractivity contribution in [2.75, 3.05) is 26.8 Å². The molecule has 3 heterocycles. The number of phenolic OH excluding ortho intramolecular Hbond substituents is 1. The first-order chi connectivity index (χ1) is 26.6. The lowest BCUT2D eigenvalue weighted by atomic mass is 9.50. The molecule has 3 fully saturated rings. The highest BCUT2D eigenvalue weighted by Gasteiger charge is 2.70. The highest BCUT2D eigenvalue weighted by molar-refractivity contribution is 6.33. The average molecular weight is 816 g/mol. The summed E-state index contributed by atoms with van der Waals surface area (Å²) < 4.78 is 55.8. The number of alkyl halides is 3. The monoisotopic (exact) mass is 814 g/mol. The number of pyridine rings is 1. The van der Waals surface area contributed by atoms with E-state index in [9.17, 15) is 37.5 Å². The maximum Gasteiger partial charge on any atom is 0.423 e. The molecular formula is C38H31Cl2F3N4O9. The zero-order chi connectivity index (χ0) is 40.4. The van der Waals surface area contributed by atoms with E-state index in [0.29, 0.717) is 43.9 Å². The number of nitrogens with zero attached hydrogens (tertiary/aromatic N) is 3. The Kier molecular flexibility index (Phi) is 9.77. The molecule has 56 heavy (non-hydrogen) atoms. The number of hydrazine groups is 1. The number of allylic oxidation sites excluding steroid dienone is 3. The third-order valence-electron chi connectivity index (χ3n) is 11.0. The molecule has 2 saturated heterocycles. The molecule has 2 aromatic carbocycles. The smallest absolute Gasteiger partial charge is 0.423 e. The van der Waals surface area contributed by atoms with Gasteiger partial charge in [-0.2, -0.15) is 23.1 Å². The van der Waals surface area contributed by atoms with Crippen molar-refractivity contribution in [1.82, 2.24) is 14.9 Å². The van der Waals surface area contributed by atoms with Crippen molar-refractivity contribution in [2.45, 2.75) is 24.4 Å². The lowest BCUT2D eigenvalue weighted by Gasteiger charge is -2.49. The number of anilines is 1. The molecule has 4 aliphatic rings. The third-order valence-corrected chi connectivity index (χ3v) is 11.5. The standard InChI is InChI=1S/C38H31Cl2F3N4O9/c1-54-27-12-17(13-28(55-2)30(27)48)4-11-24-21-9-10-22-29(34(51)46(32(22)49)36(53)56-3)23(21)15-25-33(50)47(35(52)37(24,25)18-5-7-20(39)8-6-18)45-31-26(40)14-19(16-44-31)38(41,42)43/h4-9,11-14,16,22-25,29,48H,10,15H2,1-3H3,(H,44,45). The van der Waals surface area contributed by atoms with Crippen LogP contribution in [0.2, 0.25) is 10.0 Å². The Balaban J connectivity index is 1.43. The van der Waals surface area contributed by atoms with Crippen LogP contribution in [-0.4, -0.2) is 71.1 Å². The van der Waals surface area contributed by atoms with Gasteiger partial charge in [0.05, 0.1) is 55.1 Å². The first kappa shape index (κ1) is 38.7. The van der Waals surface area contributed by atoms with Gasteiger partial charge in [-0.1, -0.05) is 59.1 Å². The number of benzene rings is 2. The number of amides is 5. The topological polar surface area (TPSA) is 165 Å². The molecule has 0 radical (unpaired) electrons. The van der Waals surface area contributed by atoms with Crippen LogP contribution in [0.3, 0.4) is 0 Å². The second kappa shape index (κ2) is 14.2. The van der Waals surface area contributed by atoms with Crippen LogP contribution in [-0.2, 0) is 35.5 Å². The molecule has 292 valence electrons. The van der Waals surface area contributed by atoms with Gasteiger partial charge >= 0.3 is 12.3 Å². The molecule has 18 heteroatoms. The fourth-order valence-electron chi connectivity index (χ4n) is 8.52. The van der Waals surface area contributed by atoms with Crippen LogP contribution < -0.4 is 14.9 Å². The van der Waals surface area contributed by atoms with Crippen molar-refractivity contribution in [2.24, 2.45) is 29.6 Å². The second-order valence-electron chi connectivity index (χ2n) is 13.6. The summed E-state index contributed by atoms with van der Waals surface area (Å²) in [6, 6.07) is 9.84. The van der Waals surface area contributed by atoms with E-state index in [1.807, 2.05) is 0 Å². The maximum atomic E-state index is 15.2. The van der Waals surface area contributed by atoms with Gasteiger partial charge in [-0.05, 0) is 60.2 Å². The first-order valence-corrected chi connectivity index (χ1v) is 17.8. The van der Waals surface area contributed by atoms with Crippen molar-refractivity contribution < 1.29 is 56.5 Å². The normalized spacial score (nSPS) is 25.9. The number of carbonyl (C=O) groups is 5. The highest BCUT2D eigenvalue weighted by atomic mass is 35.5. The molecule has 6 atom stereocenters. The summed E-state index contributed by atoms with van der Waals surface area (Å²) in [7, 11) is 3.72. The van der Waals surface area contributed by atoms with Gasteiger partial charge in [-0.3, -0.25) is 24.6 Å². The molecule has 1 saturated carbocycles. The number of nitrogens with one attached hydrogen (secondary N) is 1. The summed E-state index contributed by atoms with van der Waals surface area (Å²) >= 11 is 12.5. The van der Waals surface area contributed by atoms with Crippen LogP contribution in [0.25, 0.3) is 6.08 Å². The second-order valence-corrected chi connectivity index (χ2v) is 14.4. The van der Waals surface area contributed by atoms with Gasteiger partial charge in [-0.15, -0.1) is 0 Å². The van der Waals surface area contributed by atoms with Crippen molar-refractivity contribution >= 4 is 64.8 Å². The quantitative estimate of drug-likeness (QED) is 0.200. The van der Waals surface area contributed by atoms with Gasteiger partial charge < -0.3 is 19.3 Å². The van der Waals surface area contributed by atoms with Crippen LogP contribution in [0.5, 0.6) is 17.2 Å². The molecule has 3 aromatic rings. The first-order valence-electron chi connectivity index (χ1n) is 17.0. The number of aromatic nitrogens is 1. The Labute approximate surface area is 326 Å². The van der Waals surface area contributed by atoms with E-state index in [0.717, 1.165) is 7.11 Å². The number of ether oxygens (including phenoxy) is 3. The number of likely N-dealkylation sites (tertiary alicyclic amines) is 1. The number of fused-ring (bicyclic) bond motifs is 4. The number of rotatable bonds is 7. The largest absolute Gasteiger partial charge is 0.502 e. The van der Waals surface area contributed by atoms with Gasteiger partial charge in [0.2, 0.25) is 17.6 Å². The Bertz CT molecular complexity index is 2220. The van der Waals surface area contributed by atoms with Gasteiger partial charge in [-0.25, -0.2) is 9.78 Å². The fraction of sp³-hybridized carbons (Fsp3) is 0.316. The number of hydrogen-bond donors (Lipinski definition) is 2. The number of methoxy groups -OCH3 is 3. The summed E-state index contributed by atoms with van der Waals surface area (Å²) in [4.78, 5) is 74.2. The molecule has 13 nitrogen and oxygen atoms in total. The Morgan fingerprint density at radius 1 is 0.982 bits per heavy atom. The molecule has 1 aromatic heterocycles. The van der Waals surface area contributed by atoms with Gasteiger partial charge in [0.1, 0.15) is 0 Å². The third kappa shape index (κ3) is 5.93. The zero-order valence-corrected chi connectivity index (χ0v) is 31.1. The van der Waals surface area contributed by atoms with Crippen molar-refractivity contribution in [1.29, 1.82) is 0 Å². The van der Waals surface area contributed by atoms with E-state index in [1.54, 1.807) is 30.4 Å². The zero-order valence-electron chi connectivity index (χ0n) is 29.6. The molecule has 0 spiro atoms. The van der Waals surface area contributed by atoms with Crippen LogP contribution in [0.15, 0.2) is 66.4 Å². The average Bonchev–Trinajstić information content (AvgIpc) is 3.55. The molecule has 2 N–H and O–H groups in total. The predicted octanol–water partition coefficient (Wildman–Crippen LogP) is 6.43. The lowest BCUT2D eigenvalue weighted by molar-refractivity contribution is -0.140. The number of phenols is 1. The number of aromatic hydroxyl groups is 1. The van der Waals surface area contributed by atoms with E-state index in [-0.39, 0.29) is 30.1 Å². The summed E-state index contributed by atoms with van der Waals surface area (Å²) in [5.74, 6) is -9.01. The SMILES string of the molecule is COC(=O)N1C(=O)C2CC=C3C(CC4C(=O)N(Nc5ncc(C(F)(F)F)cc5Cl)C(=O)C4(c4ccc(Cl)cc4)C3C=Cc3cc(OC)c(O)c(OC)c3)C2C1=O. The van der Waals surface area contributed by atoms with E-state index in [1.165, 1.54) is 38.5 Å². The van der Waals surface area contributed by atoms with Crippen LogP contribution >= 0.6 is 23.2 Å². The minimum atomic E-state index is -4.78. The number of carbonyl (C=O) groups excluding carboxylic acids is 5. The Morgan fingerprint density at radius 3 is 2.23 bits per heavy atom. The Morgan fingerprint density at radius 2 is 1.64 bits per heavy atom. The van der Waals surface area contributed by atoms with Crippen molar-refractivity contribution in [3.05, 3.63) is 93.1 Å². The summed E-state index contributed by atoms with van der Waals surface area (Å²) in [6.45, 7) is 0. The minimum absolute atomic E-state index is 0.0102. The van der Waals surface area contributed by atoms with Crippen LogP contribution in [0, 0.1) is 29.6 Å². The number of halogens is 5. The molecule has 5 amide bonds. The highest BCUT2D eigenvalue weighted by Crippen LogP contribution is 2.61. The Hall–Kier alpha value is -5.61. The van der Waals surface area contributed by atoms with Crippen LogP contribution in [0.1, 0.15) is 29.5 Å². The number of hydrogen-bond acceptors (Lipinski definition) is 11. The molecule has 0 bridgehead atoms. The molecule has 7 rings (SSSR count). The molecular weight excluding hydrogens is 784 g/mol.